The third-order valence-corrected chi connectivity index (χ3v) is 6.72. The molecule has 0 N–H and O–H groups in total. The Bertz CT molecular complexity index is 696. The number of hydrogen-bond acceptors (Lipinski definition) is 4. The number of nitrogens with zero attached hydrogens (tertiary/aromatic N) is 1. The van der Waals surface area contributed by atoms with Gasteiger partial charge in [-0.15, -0.1) is 310 Å². The van der Waals surface area contributed by atoms with E-state index < -0.39 is 0 Å². The fourth-order valence-electron chi connectivity index (χ4n) is 5.83. The van der Waals surface area contributed by atoms with Crippen LogP contribution in [0.4, 0.5) is 0 Å². The summed E-state index contributed by atoms with van der Waals surface area (Å²) in [7, 11) is 3.91. The highest BCUT2D eigenvalue weighted by Crippen LogP contribution is 2.66. The molecule has 316 valence electrons. The zero-order valence-corrected chi connectivity index (χ0v) is 43.6. The van der Waals surface area contributed by atoms with Crippen molar-refractivity contribution in [2.45, 2.75) is 25.0 Å². The quantitative estimate of drug-likeness (QED) is 0.262. The minimum Gasteiger partial charge on any atom is -0.493 e. The molecule has 5 rings (SSSR count). The fourth-order valence-corrected chi connectivity index (χ4v) is 5.83. The number of allylic oxidation sites excluding steroid dienone is 3. The van der Waals surface area contributed by atoms with Gasteiger partial charge in [-0.05, 0) is 44.5 Å². The van der Waals surface area contributed by atoms with Crippen LogP contribution < -0.4 is 0 Å². The van der Waals surface area contributed by atoms with Gasteiger partial charge in [-0.25, -0.2) is 0 Å². The van der Waals surface area contributed by atoms with Crippen LogP contribution in [0.2, 0.25) is 0 Å². The minimum atomic E-state index is -0.313. The molecule has 5 aliphatic rings. The monoisotopic (exact) mass is 1200 g/mol. The summed E-state index contributed by atoms with van der Waals surface area (Å²) < 4.78 is 11.8. The average molecular weight is 1210 g/mol. The summed E-state index contributed by atoms with van der Waals surface area (Å²) in [4.78, 5) is 15.0. The molecule has 4 nitrogen and oxygen atoms in total. The van der Waals surface area contributed by atoms with Crippen molar-refractivity contribution in [2.24, 2.45) is 23.2 Å². The predicted molar refractivity (Wildman–Crippen MR) is 262 cm³/mol. The van der Waals surface area contributed by atoms with Crippen molar-refractivity contribution in [3.8, 4) is 0 Å². The van der Waals surface area contributed by atoms with Gasteiger partial charge in [-0.3, -0.25) is 4.79 Å². The zero-order valence-electron chi connectivity index (χ0n) is 23.2. The Hall–Kier alpha value is 5.70. The number of hydrogen-bond donors (Lipinski definition) is 0. The van der Waals surface area contributed by atoms with E-state index in [9.17, 15) is 4.79 Å². The van der Waals surface area contributed by atoms with Crippen LogP contribution in [0.15, 0.2) is 35.8 Å². The molecule has 2 unspecified atom stereocenters. The van der Waals surface area contributed by atoms with Gasteiger partial charge in [0.1, 0.15) is 5.76 Å². The summed E-state index contributed by atoms with van der Waals surface area (Å²) in [5.74, 6) is 3.07. The SMILES string of the molecule is COC1=C2O[C@H]3C(=O)C=C[C@H]4[C@H]5CC(C=C1)C2[C@@]34CCN5C.Cl.Cl.Cl.Cl.Cl.Cl.Cl.Cl.Cl.Cl.Cl.Cl.Cl.Cl.Cl.Cl.Cl.Cl.Cl.Cl.Cl.Cl.Cl.Cl.Cl. The first-order chi connectivity index (χ1) is 10.7. The Morgan fingerprint density at radius 3 is 1.45 bits per heavy atom. The van der Waals surface area contributed by atoms with Gasteiger partial charge in [0.25, 0.3) is 0 Å². The molecule has 29 heteroatoms. The Morgan fingerprint density at radius 1 is 0.660 bits per heavy atom. The zero-order chi connectivity index (χ0) is 15.1. The fraction of sp³-hybridized carbons (Fsp3) is 0.611. The van der Waals surface area contributed by atoms with E-state index in [0.29, 0.717) is 23.8 Å². The van der Waals surface area contributed by atoms with Gasteiger partial charge in [-0.1, -0.05) is 12.2 Å². The van der Waals surface area contributed by atoms with Crippen LogP contribution in [-0.2, 0) is 14.3 Å². The number of halogens is 25. The standard InChI is InChI=1S/C18H21NO3.25ClH/c1-19-8-7-18-11-4-5-13(20)17(18)22-16-14(21-2)6-3-10(15(16)18)9-12(11)19;;;;;;;;;;;;;;;;;;;;;;;;;/h3-6,10-12,15,17H,7-9H2,1-2H3;25*1H/t10?,11-,12+,15?,17-,18-;;;;;;;;;;;;;;;;;;;;;;;;;/m0........................./s1. The summed E-state index contributed by atoms with van der Waals surface area (Å²) in [6.07, 6.45) is 10.1. The second-order valence-corrected chi connectivity index (χ2v) is 7.36. The van der Waals surface area contributed by atoms with Crippen LogP contribution in [0, 0.1) is 23.2 Å². The van der Waals surface area contributed by atoms with Gasteiger partial charge in [-0.2, -0.15) is 0 Å². The molecule has 6 atom stereocenters. The van der Waals surface area contributed by atoms with Gasteiger partial charge < -0.3 is 14.4 Å². The highest BCUT2D eigenvalue weighted by molar-refractivity contribution is 5.96. The van der Waals surface area contributed by atoms with Crippen molar-refractivity contribution >= 4 is 316 Å². The maximum Gasteiger partial charge on any atom is 0.196 e. The molecule has 1 saturated carbocycles. The maximum absolute atomic E-state index is 12.6. The number of piperidine rings is 1. The van der Waals surface area contributed by atoms with E-state index in [0.717, 1.165) is 30.9 Å². The number of ether oxygens (including phenoxy) is 2. The molecule has 0 aromatic carbocycles. The van der Waals surface area contributed by atoms with E-state index >= 15 is 0 Å². The van der Waals surface area contributed by atoms with E-state index in [1.165, 1.54) is 0 Å². The topological polar surface area (TPSA) is 38.8 Å². The average Bonchev–Trinajstić information content (AvgIpc) is 2.88. The van der Waals surface area contributed by atoms with Crippen LogP contribution in [0.25, 0.3) is 0 Å². The van der Waals surface area contributed by atoms with Gasteiger partial charge in [0.2, 0.25) is 0 Å². The van der Waals surface area contributed by atoms with E-state index in [-0.39, 0.29) is 327 Å². The lowest BCUT2D eigenvalue weighted by Crippen LogP contribution is -2.64. The first-order valence-electron chi connectivity index (χ1n) is 8.22. The highest BCUT2D eigenvalue weighted by Gasteiger charge is 2.69. The number of methoxy groups -OCH3 is 1. The van der Waals surface area contributed by atoms with Gasteiger partial charge in [0.15, 0.2) is 17.6 Å². The number of rotatable bonds is 1. The van der Waals surface area contributed by atoms with Crippen molar-refractivity contribution < 1.29 is 14.3 Å². The van der Waals surface area contributed by atoms with Crippen molar-refractivity contribution in [2.75, 3.05) is 20.7 Å². The summed E-state index contributed by atoms with van der Waals surface area (Å²) in [6, 6.07) is 0.513. The van der Waals surface area contributed by atoms with Crippen LogP contribution in [0.5, 0.6) is 0 Å². The maximum atomic E-state index is 12.6. The van der Waals surface area contributed by atoms with Crippen LogP contribution in [0.1, 0.15) is 12.8 Å². The number of ketones is 1. The lowest BCUT2D eigenvalue weighted by Gasteiger charge is -2.59. The molecule has 47 heavy (non-hydrogen) atoms. The van der Waals surface area contributed by atoms with E-state index in [1.807, 2.05) is 6.08 Å². The number of likely N-dealkylation sites (tertiary alicyclic amines) is 1. The van der Waals surface area contributed by atoms with E-state index in [1.54, 1.807) is 13.2 Å². The summed E-state index contributed by atoms with van der Waals surface area (Å²) in [5.41, 5.74) is -0.0597. The molecular weight excluding hydrogens is 1160 g/mol. The summed E-state index contributed by atoms with van der Waals surface area (Å²) in [5, 5.41) is 0. The molecule has 1 spiro atoms. The second-order valence-electron chi connectivity index (χ2n) is 7.36. The predicted octanol–water partition coefficient (Wildman–Crippen LogP) is 12.4. The molecule has 0 aromatic heterocycles. The molecule has 2 bridgehead atoms. The second kappa shape index (κ2) is 58.4. The van der Waals surface area contributed by atoms with Crippen LogP contribution >= 0.6 is 310 Å². The van der Waals surface area contributed by atoms with Crippen molar-refractivity contribution in [1.29, 1.82) is 0 Å². The van der Waals surface area contributed by atoms with E-state index in [2.05, 4.69) is 24.1 Å². The Kier molecular flexibility index (Phi) is 174. The van der Waals surface area contributed by atoms with Crippen LogP contribution in [-0.4, -0.2) is 43.5 Å². The largest absolute Gasteiger partial charge is 0.493 e. The van der Waals surface area contributed by atoms with Crippen molar-refractivity contribution in [1.82, 2.24) is 4.90 Å². The van der Waals surface area contributed by atoms with Gasteiger partial charge in [0, 0.05) is 23.3 Å². The molecule has 0 aromatic rings. The van der Waals surface area contributed by atoms with Crippen molar-refractivity contribution in [3.05, 3.63) is 35.8 Å². The number of carbonyl (C=O) groups excluding carboxylic acids is 1. The summed E-state index contributed by atoms with van der Waals surface area (Å²) >= 11 is 0. The van der Waals surface area contributed by atoms with Gasteiger partial charge in [0.05, 0.1) is 7.11 Å². The Labute approximate surface area is 434 Å². The molecule has 0 amide bonds. The summed E-state index contributed by atoms with van der Waals surface area (Å²) in [6.45, 7) is 1.05. The molecular formula is C18H46Cl25NO3. The van der Waals surface area contributed by atoms with E-state index in [4.69, 9.17) is 9.47 Å². The normalized spacial score (nSPS) is 22.6. The molecule has 3 aliphatic carbocycles. The smallest absolute Gasteiger partial charge is 0.196 e. The molecule has 2 heterocycles. The van der Waals surface area contributed by atoms with Gasteiger partial charge >= 0.3 is 0 Å². The third-order valence-electron chi connectivity index (χ3n) is 6.72. The molecule has 2 aliphatic heterocycles. The Balaban J connectivity index is -0.0000000142. The van der Waals surface area contributed by atoms with Crippen LogP contribution in [0.3, 0.4) is 0 Å². The first-order valence-corrected chi connectivity index (χ1v) is 8.22. The lowest BCUT2D eigenvalue weighted by molar-refractivity contribution is -0.140. The number of carbonyl (C=O) groups is 1. The Morgan fingerprint density at radius 2 is 1.06 bits per heavy atom. The first kappa shape index (κ1) is 140. The third kappa shape index (κ3) is 23.5. The molecule has 2 saturated heterocycles. The minimum absolute atomic E-state index is 0. The highest BCUT2D eigenvalue weighted by atomic mass is 35.5. The molecule has 3 fully saturated rings. The lowest BCUT2D eigenvalue weighted by atomic mass is 9.48. The van der Waals surface area contributed by atoms with Crippen molar-refractivity contribution in [3.63, 3.8) is 0 Å². The molecule has 0 radical (unpaired) electrons.